The lowest BCUT2D eigenvalue weighted by Crippen LogP contribution is -2.11. The Balaban J connectivity index is 2.10. The van der Waals surface area contributed by atoms with Gasteiger partial charge in [-0.25, -0.2) is 9.78 Å². The van der Waals surface area contributed by atoms with Gasteiger partial charge in [-0.15, -0.1) is 11.3 Å². The number of aromatic nitrogens is 2. The van der Waals surface area contributed by atoms with Crippen LogP contribution >= 0.6 is 34.5 Å². The van der Waals surface area contributed by atoms with Gasteiger partial charge in [0.2, 0.25) is 0 Å². The highest BCUT2D eigenvalue weighted by molar-refractivity contribution is 7.18. The van der Waals surface area contributed by atoms with Crippen LogP contribution in [0.15, 0.2) is 24.3 Å². The summed E-state index contributed by atoms with van der Waals surface area (Å²) in [6.45, 7) is 2.43. The molecule has 0 amide bonds. The minimum atomic E-state index is -0.386. The van der Waals surface area contributed by atoms with Crippen molar-refractivity contribution in [1.29, 1.82) is 0 Å². The normalized spacial score (nSPS) is 11.1. The van der Waals surface area contributed by atoms with Crippen LogP contribution in [-0.2, 0) is 11.3 Å². The van der Waals surface area contributed by atoms with E-state index in [9.17, 15) is 4.79 Å². The maximum atomic E-state index is 12.0. The van der Waals surface area contributed by atoms with E-state index in [-0.39, 0.29) is 5.97 Å². The second kappa shape index (κ2) is 5.91. The quantitative estimate of drug-likeness (QED) is 0.648. The number of hydrogen-bond donors (Lipinski definition) is 0. The van der Waals surface area contributed by atoms with E-state index in [1.807, 2.05) is 17.6 Å². The molecule has 0 saturated heterocycles. The third-order valence-corrected chi connectivity index (χ3v) is 5.02. The lowest BCUT2D eigenvalue weighted by atomic mass is 10.2. The fourth-order valence-corrected chi connectivity index (χ4v) is 3.51. The van der Waals surface area contributed by atoms with Crippen LogP contribution < -0.4 is 0 Å². The summed E-state index contributed by atoms with van der Waals surface area (Å²) in [5.41, 5.74) is 2.22. The van der Waals surface area contributed by atoms with Crippen molar-refractivity contribution in [2.75, 3.05) is 7.11 Å². The van der Waals surface area contributed by atoms with E-state index in [4.69, 9.17) is 27.9 Å². The number of esters is 1. The van der Waals surface area contributed by atoms with E-state index in [1.54, 1.807) is 18.2 Å². The summed E-state index contributed by atoms with van der Waals surface area (Å²) in [5.74, 6) is -0.386. The Morgan fingerprint density at radius 1 is 1.32 bits per heavy atom. The fraction of sp³-hybridized carbons (Fsp3) is 0.200. The molecule has 3 rings (SSSR count). The van der Waals surface area contributed by atoms with Gasteiger partial charge in [0.25, 0.3) is 0 Å². The van der Waals surface area contributed by atoms with Gasteiger partial charge in [-0.3, -0.25) is 0 Å². The van der Waals surface area contributed by atoms with Crippen LogP contribution in [0.4, 0.5) is 0 Å². The Morgan fingerprint density at radius 3 is 2.77 bits per heavy atom. The van der Waals surface area contributed by atoms with Crippen LogP contribution in [0, 0.1) is 6.92 Å². The summed E-state index contributed by atoms with van der Waals surface area (Å²) >= 11 is 13.5. The van der Waals surface area contributed by atoms with Crippen molar-refractivity contribution in [2.24, 2.45) is 0 Å². The number of hydrogen-bond acceptors (Lipinski definition) is 4. The van der Waals surface area contributed by atoms with Gasteiger partial charge in [0.15, 0.2) is 0 Å². The Morgan fingerprint density at radius 2 is 2.09 bits per heavy atom. The van der Waals surface area contributed by atoms with E-state index in [2.05, 4.69) is 4.98 Å². The lowest BCUT2D eigenvalue weighted by molar-refractivity contribution is 0.0589. The number of carbonyl (C=O) groups is 1. The molecule has 0 N–H and O–H groups in total. The van der Waals surface area contributed by atoms with E-state index >= 15 is 0 Å². The predicted molar refractivity (Wildman–Crippen MR) is 89.3 cm³/mol. The molecule has 3 aromatic rings. The molecule has 0 atom stereocenters. The van der Waals surface area contributed by atoms with E-state index in [0.717, 1.165) is 20.9 Å². The highest BCUT2D eigenvalue weighted by Gasteiger charge is 2.19. The van der Waals surface area contributed by atoms with Crippen molar-refractivity contribution in [2.45, 2.75) is 13.5 Å². The maximum absolute atomic E-state index is 12.0. The highest BCUT2D eigenvalue weighted by Crippen LogP contribution is 2.28. The Labute approximate surface area is 141 Å². The highest BCUT2D eigenvalue weighted by atomic mass is 35.5. The molecule has 0 fully saturated rings. The molecule has 0 saturated carbocycles. The molecule has 0 aliphatic carbocycles. The molecule has 2 aromatic heterocycles. The number of nitrogens with zero attached hydrogens (tertiary/aromatic N) is 2. The molecule has 0 radical (unpaired) electrons. The Hall–Kier alpha value is -1.56. The number of rotatable bonds is 3. The largest absolute Gasteiger partial charge is 0.464 e. The van der Waals surface area contributed by atoms with Crippen LogP contribution in [-0.4, -0.2) is 22.6 Å². The molecule has 0 bridgehead atoms. The van der Waals surface area contributed by atoms with E-state index in [0.29, 0.717) is 22.3 Å². The van der Waals surface area contributed by atoms with Crippen LogP contribution in [0.5, 0.6) is 0 Å². The average molecular weight is 355 g/mol. The van der Waals surface area contributed by atoms with Gasteiger partial charge < -0.3 is 9.30 Å². The first-order valence-corrected chi connectivity index (χ1v) is 8.05. The molecule has 4 nitrogen and oxygen atoms in total. The van der Waals surface area contributed by atoms with Crippen molar-refractivity contribution in [3.05, 3.63) is 50.6 Å². The topological polar surface area (TPSA) is 44.1 Å². The van der Waals surface area contributed by atoms with Gasteiger partial charge in [-0.05, 0) is 30.7 Å². The van der Waals surface area contributed by atoms with Gasteiger partial charge >= 0.3 is 5.97 Å². The van der Waals surface area contributed by atoms with Crippen LogP contribution in [0.2, 0.25) is 10.0 Å². The SMILES string of the molecule is COC(=O)c1cc2nc(C)sc2n1Cc1ccc(Cl)c(Cl)c1. The van der Waals surface area contributed by atoms with Crippen molar-refractivity contribution >= 4 is 50.9 Å². The third kappa shape index (κ3) is 2.72. The fourth-order valence-electron chi connectivity index (χ4n) is 2.29. The zero-order valence-corrected chi connectivity index (χ0v) is 14.2. The van der Waals surface area contributed by atoms with E-state index in [1.165, 1.54) is 18.4 Å². The maximum Gasteiger partial charge on any atom is 0.354 e. The summed E-state index contributed by atoms with van der Waals surface area (Å²) < 4.78 is 6.75. The molecule has 7 heteroatoms. The van der Waals surface area contributed by atoms with Crippen LogP contribution in [0.25, 0.3) is 10.3 Å². The summed E-state index contributed by atoms with van der Waals surface area (Å²) in [4.78, 5) is 17.3. The van der Waals surface area contributed by atoms with Crippen LogP contribution in [0.1, 0.15) is 21.1 Å². The molecule has 0 spiro atoms. The number of benzene rings is 1. The summed E-state index contributed by atoms with van der Waals surface area (Å²) in [6.07, 6.45) is 0. The zero-order valence-electron chi connectivity index (χ0n) is 11.9. The summed E-state index contributed by atoms with van der Waals surface area (Å²) in [6, 6.07) is 7.18. The summed E-state index contributed by atoms with van der Waals surface area (Å²) in [5, 5.41) is 1.94. The minimum Gasteiger partial charge on any atom is -0.464 e. The first-order chi connectivity index (χ1) is 10.5. The molecule has 0 aliphatic heterocycles. The van der Waals surface area contributed by atoms with Crippen molar-refractivity contribution in [3.63, 3.8) is 0 Å². The van der Waals surface area contributed by atoms with Gasteiger partial charge in [-0.2, -0.15) is 0 Å². The molecule has 22 heavy (non-hydrogen) atoms. The van der Waals surface area contributed by atoms with Gasteiger partial charge in [0.05, 0.1) is 22.2 Å². The first kappa shape index (κ1) is 15.3. The van der Waals surface area contributed by atoms with Gasteiger partial charge in [-0.1, -0.05) is 29.3 Å². The monoisotopic (exact) mass is 354 g/mol. The Bertz CT molecular complexity index is 870. The third-order valence-electron chi connectivity index (χ3n) is 3.27. The molecular weight excluding hydrogens is 343 g/mol. The molecule has 1 aromatic carbocycles. The second-order valence-corrected chi connectivity index (χ2v) is 6.78. The first-order valence-electron chi connectivity index (χ1n) is 6.48. The number of carbonyl (C=O) groups excluding carboxylic acids is 1. The number of ether oxygens (including phenoxy) is 1. The second-order valence-electron chi connectivity index (χ2n) is 4.78. The minimum absolute atomic E-state index is 0.386. The number of aryl methyl sites for hydroxylation is 1. The average Bonchev–Trinajstić information content (AvgIpc) is 2.99. The van der Waals surface area contributed by atoms with Gasteiger partial charge in [0.1, 0.15) is 16.0 Å². The smallest absolute Gasteiger partial charge is 0.354 e. The molecule has 114 valence electrons. The Kier molecular flexibility index (Phi) is 4.12. The molecule has 0 aliphatic rings. The van der Waals surface area contributed by atoms with Crippen molar-refractivity contribution < 1.29 is 9.53 Å². The number of methoxy groups -OCH3 is 1. The van der Waals surface area contributed by atoms with Crippen LogP contribution in [0.3, 0.4) is 0 Å². The molecule has 0 unspecified atom stereocenters. The molecular formula is C15H12Cl2N2O2S. The van der Waals surface area contributed by atoms with Crippen molar-refractivity contribution in [3.8, 4) is 0 Å². The van der Waals surface area contributed by atoms with Crippen molar-refractivity contribution in [1.82, 2.24) is 9.55 Å². The number of thiazole rings is 1. The standard InChI is InChI=1S/C15H12Cl2N2O2S/c1-8-18-12-6-13(15(20)21-2)19(14(12)22-8)7-9-3-4-10(16)11(17)5-9/h3-6H,7H2,1-2H3. The summed E-state index contributed by atoms with van der Waals surface area (Å²) in [7, 11) is 1.37. The molecule has 2 heterocycles. The zero-order chi connectivity index (χ0) is 15.9. The lowest BCUT2D eigenvalue weighted by Gasteiger charge is -2.09. The number of halogens is 2. The number of fused-ring (bicyclic) bond motifs is 1. The van der Waals surface area contributed by atoms with Gasteiger partial charge in [0, 0.05) is 6.54 Å². The predicted octanol–water partition coefficient (Wildman–Crippen LogP) is 4.55. The van der Waals surface area contributed by atoms with E-state index < -0.39 is 0 Å².